The lowest BCUT2D eigenvalue weighted by Crippen LogP contribution is -2.33. The van der Waals surface area contributed by atoms with Gasteiger partial charge in [-0.2, -0.15) is 0 Å². The first-order valence-corrected chi connectivity index (χ1v) is 9.09. The van der Waals surface area contributed by atoms with Crippen LogP contribution in [0.1, 0.15) is 35.8 Å². The smallest absolute Gasteiger partial charge is 0.257 e. The Morgan fingerprint density at radius 2 is 2.39 bits per heavy atom. The number of nitrogens with one attached hydrogen (secondary N) is 1. The van der Waals surface area contributed by atoms with Gasteiger partial charge in [-0.15, -0.1) is 11.3 Å². The second-order valence-electron chi connectivity index (χ2n) is 6.09. The predicted octanol–water partition coefficient (Wildman–Crippen LogP) is 4.28. The molecule has 1 saturated heterocycles. The number of likely N-dealkylation sites (tertiary alicyclic amines) is 1. The van der Waals surface area contributed by atoms with Crippen molar-refractivity contribution in [3.05, 3.63) is 45.9 Å². The number of aromatic nitrogens is 1. The van der Waals surface area contributed by atoms with Crippen molar-refractivity contribution in [3.8, 4) is 0 Å². The number of rotatable bonds is 4. The lowest BCUT2D eigenvalue weighted by atomic mass is 10.0. The summed E-state index contributed by atoms with van der Waals surface area (Å²) in [4.78, 5) is 19.2. The van der Waals surface area contributed by atoms with Crippen LogP contribution in [0.15, 0.2) is 29.6 Å². The highest BCUT2D eigenvalue weighted by atomic mass is 35.5. The third kappa shape index (κ3) is 4.53. The van der Waals surface area contributed by atoms with Crippen LogP contribution in [0.25, 0.3) is 0 Å². The number of hydrogen-bond donors (Lipinski definition) is 1. The molecule has 1 aliphatic rings. The fourth-order valence-corrected chi connectivity index (χ4v) is 3.78. The van der Waals surface area contributed by atoms with Crippen LogP contribution in [-0.2, 0) is 6.54 Å². The van der Waals surface area contributed by atoms with E-state index < -0.39 is 0 Å². The fraction of sp³-hybridized carbons (Fsp3) is 0.412. The molecule has 1 aliphatic heterocycles. The molecular weight excluding hydrogens is 330 g/mol. The third-order valence-electron chi connectivity index (χ3n) is 3.99. The maximum Gasteiger partial charge on any atom is 0.257 e. The van der Waals surface area contributed by atoms with E-state index >= 15 is 0 Å². The maximum absolute atomic E-state index is 12.2. The van der Waals surface area contributed by atoms with Crippen LogP contribution in [0.2, 0.25) is 5.02 Å². The molecule has 23 heavy (non-hydrogen) atoms. The molecule has 0 aliphatic carbocycles. The molecular formula is C17H20ClN3OS. The molecule has 3 rings (SSSR count). The standard InChI is InChI=1S/C17H20ClN3OS/c1-12-4-3-7-21(9-12)10-15-11-23-17(19-15)20-16(22)13-5-2-6-14(18)8-13/h2,5-6,8,11-12H,3-4,7,9-10H2,1H3,(H,19,20,22). The summed E-state index contributed by atoms with van der Waals surface area (Å²) < 4.78 is 0. The molecule has 1 N–H and O–H groups in total. The van der Waals surface area contributed by atoms with Gasteiger partial charge in [-0.05, 0) is 43.5 Å². The molecule has 1 fully saturated rings. The summed E-state index contributed by atoms with van der Waals surface area (Å²) in [5.41, 5.74) is 1.56. The monoisotopic (exact) mass is 349 g/mol. The SMILES string of the molecule is CC1CCCN(Cc2csc(NC(=O)c3cccc(Cl)c3)n2)C1. The number of carbonyl (C=O) groups is 1. The van der Waals surface area contributed by atoms with Gasteiger partial charge < -0.3 is 0 Å². The van der Waals surface area contributed by atoms with Crippen molar-refractivity contribution in [2.24, 2.45) is 5.92 Å². The van der Waals surface area contributed by atoms with Crippen molar-refractivity contribution < 1.29 is 4.79 Å². The lowest BCUT2D eigenvalue weighted by Gasteiger charge is -2.30. The summed E-state index contributed by atoms with van der Waals surface area (Å²) in [6.07, 6.45) is 2.57. The molecule has 6 heteroatoms. The summed E-state index contributed by atoms with van der Waals surface area (Å²) in [7, 11) is 0. The zero-order valence-corrected chi connectivity index (χ0v) is 14.7. The molecule has 1 atom stereocenters. The number of piperidine rings is 1. The first-order valence-electron chi connectivity index (χ1n) is 7.84. The Balaban J connectivity index is 1.59. The molecule has 0 saturated carbocycles. The molecule has 2 aromatic rings. The number of benzene rings is 1. The Kier molecular flexibility index (Phi) is 5.30. The third-order valence-corrected chi connectivity index (χ3v) is 5.03. The summed E-state index contributed by atoms with van der Waals surface area (Å²) in [6.45, 7) is 5.41. The molecule has 1 aromatic heterocycles. The number of anilines is 1. The second-order valence-corrected chi connectivity index (χ2v) is 7.39. The normalized spacial score (nSPS) is 18.8. The first-order chi connectivity index (χ1) is 11.1. The van der Waals surface area contributed by atoms with Gasteiger partial charge in [0.05, 0.1) is 5.69 Å². The molecule has 1 unspecified atom stereocenters. The van der Waals surface area contributed by atoms with Crippen LogP contribution < -0.4 is 5.32 Å². The minimum atomic E-state index is -0.181. The predicted molar refractivity (Wildman–Crippen MR) is 95.2 cm³/mol. The van der Waals surface area contributed by atoms with Crippen molar-refractivity contribution >= 4 is 34.0 Å². The van der Waals surface area contributed by atoms with E-state index in [1.807, 2.05) is 5.38 Å². The highest BCUT2D eigenvalue weighted by Crippen LogP contribution is 2.21. The number of hydrogen-bond acceptors (Lipinski definition) is 4. The molecule has 0 bridgehead atoms. The van der Waals surface area contributed by atoms with Gasteiger partial charge >= 0.3 is 0 Å². The van der Waals surface area contributed by atoms with Crippen molar-refractivity contribution in [2.75, 3.05) is 18.4 Å². The number of thiazole rings is 1. The average Bonchev–Trinajstić information content (AvgIpc) is 2.94. The van der Waals surface area contributed by atoms with Gasteiger partial charge in [0, 0.05) is 29.1 Å². The highest BCUT2D eigenvalue weighted by molar-refractivity contribution is 7.13. The first kappa shape index (κ1) is 16.4. The largest absolute Gasteiger partial charge is 0.298 e. The van der Waals surface area contributed by atoms with Crippen molar-refractivity contribution in [2.45, 2.75) is 26.3 Å². The molecule has 2 heterocycles. The van der Waals surface area contributed by atoms with Gasteiger partial charge in [0.2, 0.25) is 0 Å². The zero-order chi connectivity index (χ0) is 16.2. The average molecular weight is 350 g/mol. The van der Waals surface area contributed by atoms with Crippen molar-refractivity contribution in [1.29, 1.82) is 0 Å². The molecule has 4 nitrogen and oxygen atoms in total. The Morgan fingerprint density at radius 3 is 3.17 bits per heavy atom. The van der Waals surface area contributed by atoms with E-state index in [2.05, 4.69) is 22.1 Å². The lowest BCUT2D eigenvalue weighted by molar-refractivity contribution is 0.102. The molecule has 1 amide bonds. The number of carbonyl (C=O) groups excluding carboxylic acids is 1. The van der Waals surface area contributed by atoms with E-state index in [1.165, 1.54) is 24.2 Å². The topological polar surface area (TPSA) is 45.2 Å². The van der Waals surface area contributed by atoms with Gasteiger partial charge in [0.25, 0.3) is 5.91 Å². The summed E-state index contributed by atoms with van der Waals surface area (Å²) >= 11 is 7.38. The van der Waals surface area contributed by atoms with Crippen LogP contribution >= 0.6 is 22.9 Å². The number of amides is 1. The van der Waals surface area contributed by atoms with Crippen molar-refractivity contribution in [1.82, 2.24) is 9.88 Å². The molecule has 0 spiro atoms. The van der Waals surface area contributed by atoms with Crippen molar-refractivity contribution in [3.63, 3.8) is 0 Å². The summed E-state index contributed by atoms with van der Waals surface area (Å²) in [5, 5.41) is 6.05. The minimum Gasteiger partial charge on any atom is -0.298 e. The summed E-state index contributed by atoms with van der Waals surface area (Å²) in [5.74, 6) is 0.574. The quantitative estimate of drug-likeness (QED) is 0.896. The van der Waals surface area contributed by atoms with Gasteiger partial charge in [-0.25, -0.2) is 4.98 Å². The Hall–Kier alpha value is -1.43. The van der Waals surface area contributed by atoms with Gasteiger partial charge in [0.1, 0.15) is 0 Å². The number of nitrogens with zero attached hydrogens (tertiary/aromatic N) is 2. The summed E-state index contributed by atoms with van der Waals surface area (Å²) in [6, 6.07) is 6.91. The number of halogens is 1. The zero-order valence-electron chi connectivity index (χ0n) is 13.1. The maximum atomic E-state index is 12.2. The van der Waals surface area contributed by atoms with E-state index in [1.54, 1.807) is 24.3 Å². The van der Waals surface area contributed by atoms with Gasteiger partial charge in [-0.3, -0.25) is 15.0 Å². The van der Waals surface area contributed by atoms with Gasteiger partial charge in [-0.1, -0.05) is 24.6 Å². The van der Waals surface area contributed by atoms with Crippen LogP contribution in [0, 0.1) is 5.92 Å². The second kappa shape index (κ2) is 7.43. The van der Waals surface area contributed by atoms with Crippen LogP contribution in [0.3, 0.4) is 0 Å². The van der Waals surface area contributed by atoms with E-state index in [4.69, 9.17) is 11.6 Å². The Labute approximate surface area is 145 Å². The van der Waals surface area contributed by atoms with E-state index in [0.717, 1.165) is 31.2 Å². The highest BCUT2D eigenvalue weighted by Gasteiger charge is 2.17. The Bertz CT molecular complexity index is 688. The van der Waals surface area contributed by atoms with Gasteiger partial charge in [0.15, 0.2) is 5.13 Å². The fourth-order valence-electron chi connectivity index (χ4n) is 2.90. The van der Waals surface area contributed by atoms with E-state index in [9.17, 15) is 4.79 Å². The minimum absolute atomic E-state index is 0.181. The Morgan fingerprint density at radius 1 is 1.52 bits per heavy atom. The molecule has 1 aromatic carbocycles. The van der Waals surface area contributed by atoms with E-state index in [-0.39, 0.29) is 5.91 Å². The van der Waals surface area contributed by atoms with Crippen LogP contribution in [0.5, 0.6) is 0 Å². The van der Waals surface area contributed by atoms with Crippen LogP contribution in [-0.4, -0.2) is 28.9 Å². The van der Waals surface area contributed by atoms with Crippen LogP contribution in [0.4, 0.5) is 5.13 Å². The molecule has 122 valence electrons. The molecule has 0 radical (unpaired) electrons. The van der Waals surface area contributed by atoms with E-state index in [0.29, 0.717) is 15.7 Å².